The van der Waals surface area contributed by atoms with E-state index in [1.165, 1.54) is 25.3 Å². The highest BCUT2D eigenvalue weighted by Crippen LogP contribution is 2.40. The number of anilines is 1. The molecule has 0 unspecified atom stereocenters. The minimum absolute atomic E-state index is 0.0593. The first-order chi connectivity index (χ1) is 10.2. The highest BCUT2D eigenvalue weighted by atomic mass is 32.2. The largest absolute Gasteiger partial charge is 0.433 e. The number of alkyl halides is 2. The number of rotatable bonds is 3. The Morgan fingerprint density at radius 2 is 1.95 bits per heavy atom. The lowest BCUT2D eigenvalue weighted by atomic mass is 9.84. The molecule has 6 heteroatoms. The van der Waals surface area contributed by atoms with Crippen molar-refractivity contribution in [3.05, 3.63) is 24.3 Å². The highest BCUT2D eigenvalue weighted by molar-refractivity contribution is 8.14. The van der Waals surface area contributed by atoms with Crippen LogP contribution in [-0.4, -0.2) is 23.1 Å². The molecule has 1 saturated carbocycles. The van der Waals surface area contributed by atoms with Gasteiger partial charge in [0.05, 0.1) is 11.2 Å². The minimum atomic E-state index is -2.82. The molecule has 3 rings (SSSR count). The van der Waals surface area contributed by atoms with Gasteiger partial charge < -0.3 is 10.1 Å². The first-order valence-electron chi connectivity index (χ1n) is 7.20. The summed E-state index contributed by atoms with van der Waals surface area (Å²) in [6, 6.07) is 6.73. The van der Waals surface area contributed by atoms with E-state index >= 15 is 0 Å². The summed E-state index contributed by atoms with van der Waals surface area (Å²) < 4.78 is 29.4. The van der Waals surface area contributed by atoms with Gasteiger partial charge in [-0.3, -0.25) is 4.99 Å². The number of para-hydroxylation sites is 2. The van der Waals surface area contributed by atoms with Crippen molar-refractivity contribution in [2.75, 3.05) is 11.1 Å². The van der Waals surface area contributed by atoms with Gasteiger partial charge in [-0.25, -0.2) is 0 Å². The molecule has 3 nitrogen and oxygen atoms in total. The van der Waals surface area contributed by atoms with E-state index in [-0.39, 0.29) is 11.3 Å². The fourth-order valence-electron chi connectivity index (χ4n) is 2.90. The van der Waals surface area contributed by atoms with Crippen molar-refractivity contribution in [3.8, 4) is 5.75 Å². The van der Waals surface area contributed by atoms with Gasteiger partial charge in [0, 0.05) is 5.75 Å². The summed E-state index contributed by atoms with van der Waals surface area (Å²) in [6.07, 6.45) is 5.99. The van der Waals surface area contributed by atoms with Crippen LogP contribution in [0.2, 0.25) is 0 Å². The molecular formula is C15H18F2N2OS. The third-order valence-electron chi connectivity index (χ3n) is 3.95. The summed E-state index contributed by atoms with van der Waals surface area (Å²) in [6.45, 7) is -2.82. The smallest absolute Gasteiger partial charge is 0.387 e. The maximum Gasteiger partial charge on any atom is 0.387 e. The molecule has 0 amide bonds. The van der Waals surface area contributed by atoms with Gasteiger partial charge in [0.2, 0.25) is 0 Å². The number of nitrogens with zero attached hydrogens (tertiary/aromatic N) is 1. The molecular weight excluding hydrogens is 294 g/mol. The summed E-state index contributed by atoms with van der Waals surface area (Å²) in [5, 5.41) is 3.95. The second-order valence-electron chi connectivity index (χ2n) is 5.49. The van der Waals surface area contributed by atoms with Crippen LogP contribution in [-0.2, 0) is 0 Å². The average molecular weight is 312 g/mol. The molecule has 0 bridgehead atoms. The molecule has 1 fully saturated rings. The van der Waals surface area contributed by atoms with Crippen molar-refractivity contribution in [2.45, 2.75) is 44.3 Å². The van der Waals surface area contributed by atoms with Crippen LogP contribution in [0.25, 0.3) is 0 Å². The number of benzene rings is 1. The average Bonchev–Trinajstić information content (AvgIpc) is 2.84. The van der Waals surface area contributed by atoms with E-state index in [0.29, 0.717) is 5.69 Å². The third-order valence-corrected chi connectivity index (χ3v) is 5.09. The van der Waals surface area contributed by atoms with Gasteiger partial charge in [0.1, 0.15) is 5.75 Å². The van der Waals surface area contributed by atoms with Gasteiger partial charge in [-0.05, 0) is 25.0 Å². The Balaban J connectivity index is 1.74. The molecule has 0 radical (unpaired) electrons. The lowest BCUT2D eigenvalue weighted by Gasteiger charge is -2.29. The van der Waals surface area contributed by atoms with Gasteiger partial charge in [0.25, 0.3) is 0 Å². The Labute approximate surface area is 127 Å². The molecule has 0 saturated heterocycles. The van der Waals surface area contributed by atoms with E-state index in [9.17, 15) is 8.78 Å². The molecule has 21 heavy (non-hydrogen) atoms. The second-order valence-corrected chi connectivity index (χ2v) is 6.45. The maximum absolute atomic E-state index is 12.4. The Hall–Kier alpha value is -1.30. The minimum Gasteiger partial charge on any atom is -0.433 e. The number of thioether (sulfide) groups is 1. The van der Waals surface area contributed by atoms with Crippen molar-refractivity contribution in [1.29, 1.82) is 0 Å². The topological polar surface area (TPSA) is 33.6 Å². The number of hydrogen-bond acceptors (Lipinski definition) is 4. The van der Waals surface area contributed by atoms with Crippen LogP contribution in [0.15, 0.2) is 29.3 Å². The zero-order valence-corrected chi connectivity index (χ0v) is 12.5. The van der Waals surface area contributed by atoms with Crippen molar-refractivity contribution >= 4 is 22.6 Å². The predicted octanol–water partition coefficient (Wildman–Crippen LogP) is 4.51. The van der Waals surface area contributed by atoms with Gasteiger partial charge in [-0.2, -0.15) is 8.78 Å². The molecule has 1 N–H and O–H groups in total. The molecule has 114 valence electrons. The number of aliphatic imine (C=N–C) groups is 1. The Bertz CT molecular complexity index is 530. The number of ether oxygens (including phenoxy) is 1. The molecule has 1 aliphatic heterocycles. The van der Waals surface area contributed by atoms with Gasteiger partial charge in [-0.15, -0.1) is 0 Å². The zero-order chi connectivity index (χ0) is 14.7. The lowest BCUT2D eigenvalue weighted by Crippen LogP contribution is -2.29. The molecule has 1 heterocycles. The van der Waals surface area contributed by atoms with E-state index in [4.69, 9.17) is 4.99 Å². The molecule has 1 aromatic carbocycles. The highest BCUT2D eigenvalue weighted by Gasteiger charge is 2.36. The van der Waals surface area contributed by atoms with Crippen LogP contribution in [0.5, 0.6) is 5.75 Å². The van der Waals surface area contributed by atoms with Crippen molar-refractivity contribution in [1.82, 2.24) is 0 Å². The van der Waals surface area contributed by atoms with E-state index < -0.39 is 6.61 Å². The van der Waals surface area contributed by atoms with Crippen LogP contribution in [0.4, 0.5) is 14.5 Å². The number of hydrogen-bond donors (Lipinski definition) is 1. The predicted molar refractivity (Wildman–Crippen MR) is 82.4 cm³/mol. The first kappa shape index (κ1) is 14.6. The van der Waals surface area contributed by atoms with Crippen LogP contribution in [0.3, 0.4) is 0 Å². The van der Waals surface area contributed by atoms with E-state index in [1.54, 1.807) is 30.0 Å². The fraction of sp³-hybridized carbons (Fsp3) is 0.533. The summed E-state index contributed by atoms with van der Waals surface area (Å²) >= 11 is 1.67. The Morgan fingerprint density at radius 3 is 2.71 bits per heavy atom. The van der Waals surface area contributed by atoms with Crippen molar-refractivity contribution in [3.63, 3.8) is 0 Å². The first-order valence-corrected chi connectivity index (χ1v) is 8.19. The maximum atomic E-state index is 12.4. The van der Waals surface area contributed by atoms with Crippen molar-refractivity contribution in [2.24, 2.45) is 4.99 Å². The Morgan fingerprint density at radius 1 is 1.19 bits per heavy atom. The summed E-state index contributed by atoms with van der Waals surface area (Å²) in [5.41, 5.74) is 0.598. The van der Waals surface area contributed by atoms with Gasteiger partial charge in [-0.1, -0.05) is 43.2 Å². The lowest BCUT2D eigenvalue weighted by molar-refractivity contribution is -0.0493. The van der Waals surface area contributed by atoms with Crippen molar-refractivity contribution < 1.29 is 13.5 Å². The van der Waals surface area contributed by atoms with Crippen LogP contribution < -0.4 is 10.1 Å². The van der Waals surface area contributed by atoms with Gasteiger partial charge >= 0.3 is 6.61 Å². The summed E-state index contributed by atoms with van der Waals surface area (Å²) in [7, 11) is 0. The number of amidine groups is 1. The summed E-state index contributed by atoms with van der Waals surface area (Å²) in [4.78, 5) is 4.82. The van der Waals surface area contributed by atoms with Crippen LogP contribution in [0.1, 0.15) is 32.1 Å². The fourth-order valence-corrected chi connectivity index (χ4v) is 4.10. The molecule has 0 atom stereocenters. The van der Waals surface area contributed by atoms with Gasteiger partial charge in [0.15, 0.2) is 5.17 Å². The standard InChI is InChI=1S/C15H18F2N2OS/c16-13(17)20-12-7-3-2-6-11(12)18-14-19-15(10-21-14)8-4-1-5-9-15/h2-3,6-7,13H,1,4-5,8-10H2,(H,18,19). The van der Waals surface area contributed by atoms with Crippen LogP contribution >= 0.6 is 11.8 Å². The molecule has 0 aromatic heterocycles. The summed E-state index contributed by atoms with van der Waals surface area (Å²) in [5.74, 6) is 1.13. The molecule has 1 spiro atoms. The quantitative estimate of drug-likeness (QED) is 0.892. The second kappa shape index (κ2) is 6.22. The number of nitrogens with one attached hydrogen (secondary N) is 1. The van der Waals surface area contributed by atoms with E-state index in [0.717, 1.165) is 23.8 Å². The van der Waals surface area contributed by atoms with Crippen LogP contribution in [0, 0.1) is 0 Å². The zero-order valence-electron chi connectivity index (χ0n) is 11.6. The molecule has 1 aromatic rings. The normalized spacial score (nSPS) is 20.6. The monoisotopic (exact) mass is 312 g/mol. The van der Waals surface area contributed by atoms with E-state index in [2.05, 4.69) is 10.1 Å². The molecule has 1 aliphatic carbocycles. The number of halogens is 2. The SMILES string of the molecule is FC(F)Oc1ccccc1NC1=NC2(CCCCC2)CS1. The van der Waals surface area contributed by atoms with E-state index in [1.807, 2.05) is 0 Å². The third kappa shape index (κ3) is 3.48. The Kier molecular flexibility index (Phi) is 4.33. The molecule has 2 aliphatic rings.